The first kappa shape index (κ1) is 24.6. The molecular formula is C26H24FN3O6. The minimum atomic E-state index is -0.762. The number of aromatic nitrogens is 2. The molecule has 0 fully saturated rings. The Balaban J connectivity index is 1.63. The van der Waals surface area contributed by atoms with Crippen LogP contribution in [0.15, 0.2) is 68.9 Å². The van der Waals surface area contributed by atoms with Gasteiger partial charge in [-0.25, -0.2) is 19.0 Å². The minimum absolute atomic E-state index is 0.0122. The first-order chi connectivity index (χ1) is 17.0. The van der Waals surface area contributed by atoms with Gasteiger partial charge in [0, 0.05) is 23.8 Å². The molecule has 0 radical (unpaired) electrons. The lowest BCUT2D eigenvalue weighted by Crippen LogP contribution is -2.31. The highest BCUT2D eigenvalue weighted by atomic mass is 19.1. The molecule has 0 aliphatic heterocycles. The fourth-order valence-electron chi connectivity index (χ4n) is 3.52. The second-order valence-corrected chi connectivity index (χ2v) is 9.03. The zero-order valence-electron chi connectivity index (χ0n) is 20.1. The van der Waals surface area contributed by atoms with E-state index in [1.54, 1.807) is 45.9 Å². The molecule has 0 saturated heterocycles. The van der Waals surface area contributed by atoms with Crippen molar-refractivity contribution in [3.63, 3.8) is 0 Å². The van der Waals surface area contributed by atoms with Crippen LogP contribution in [0.3, 0.4) is 0 Å². The van der Waals surface area contributed by atoms with Crippen LogP contribution in [0, 0.1) is 12.7 Å². The molecular weight excluding hydrogens is 469 g/mol. The van der Waals surface area contributed by atoms with Crippen molar-refractivity contribution in [1.82, 2.24) is 9.55 Å². The van der Waals surface area contributed by atoms with Crippen molar-refractivity contribution in [2.24, 2.45) is 0 Å². The molecule has 0 atom stereocenters. The summed E-state index contributed by atoms with van der Waals surface area (Å²) in [6, 6.07) is 10.4. The second kappa shape index (κ2) is 9.65. The zero-order chi connectivity index (χ0) is 26.0. The molecule has 0 saturated carbocycles. The van der Waals surface area contributed by atoms with E-state index >= 15 is 0 Å². The highest BCUT2D eigenvalue weighted by molar-refractivity contribution is 5.84. The molecule has 3 aromatic heterocycles. The van der Waals surface area contributed by atoms with Crippen LogP contribution in [-0.4, -0.2) is 21.2 Å². The number of hydrogen-bond acceptors (Lipinski definition) is 7. The second-order valence-electron chi connectivity index (χ2n) is 9.03. The molecule has 0 unspecified atom stereocenters. The van der Waals surface area contributed by atoms with E-state index in [0.29, 0.717) is 10.9 Å². The molecule has 4 aromatic rings. The average Bonchev–Trinajstić information content (AvgIpc) is 2.79. The maximum Gasteiger partial charge on any atom is 0.412 e. The maximum absolute atomic E-state index is 13.9. The number of halogens is 1. The van der Waals surface area contributed by atoms with E-state index in [1.807, 2.05) is 0 Å². The Bertz CT molecular complexity index is 1570. The molecule has 0 spiro atoms. The lowest BCUT2D eigenvalue weighted by atomic mass is 10.1. The summed E-state index contributed by atoms with van der Waals surface area (Å²) in [6.45, 7) is 6.79. The topological polar surface area (TPSA) is 113 Å². The van der Waals surface area contributed by atoms with E-state index in [9.17, 15) is 18.8 Å². The van der Waals surface area contributed by atoms with E-state index in [0.717, 1.165) is 0 Å². The quantitative estimate of drug-likeness (QED) is 0.390. The third-order valence-electron chi connectivity index (χ3n) is 5.18. The molecule has 0 aliphatic rings. The Labute approximate surface area is 205 Å². The number of carbonyl (C=O) groups is 1. The first-order valence-electron chi connectivity index (χ1n) is 11.1. The van der Waals surface area contributed by atoms with Gasteiger partial charge >= 0.3 is 11.7 Å². The van der Waals surface area contributed by atoms with Gasteiger partial charge in [0.25, 0.3) is 11.4 Å². The third kappa shape index (κ3) is 5.43. The van der Waals surface area contributed by atoms with Gasteiger partial charge in [-0.2, -0.15) is 0 Å². The van der Waals surface area contributed by atoms with Crippen molar-refractivity contribution in [2.75, 3.05) is 5.32 Å². The van der Waals surface area contributed by atoms with Crippen molar-refractivity contribution in [3.8, 4) is 11.6 Å². The van der Waals surface area contributed by atoms with Gasteiger partial charge in [-0.05, 0) is 69.7 Å². The number of nitrogens with one attached hydrogen (secondary N) is 1. The lowest BCUT2D eigenvalue weighted by molar-refractivity contribution is 0.0635. The van der Waals surface area contributed by atoms with Crippen LogP contribution in [0.1, 0.15) is 31.9 Å². The fraction of sp³-hybridized carbons (Fsp3) is 0.231. The summed E-state index contributed by atoms with van der Waals surface area (Å²) in [6.07, 6.45) is 2.14. The van der Waals surface area contributed by atoms with E-state index in [4.69, 9.17) is 13.9 Å². The van der Waals surface area contributed by atoms with Crippen LogP contribution in [0.4, 0.5) is 14.9 Å². The smallest absolute Gasteiger partial charge is 0.412 e. The van der Waals surface area contributed by atoms with Crippen LogP contribution >= 0.6 is 0 Å². The average molecular weight is 493 g/mol. The highest BCUT2D eigenvalue weighted by Crippen LogP contribution is 2.28. The van der Waals surface area contributed by atoms with Gasteiger partial charge in [-0.1, -0.05) is 0 Å². The summed E-state index contributed by atoms with van der Waals surface area (Å²) < 4.78 is 31.3. The first-order valence-corrected chi connectivity index (χ1v) is 11.1. The zero-order valence-corrected chi connectivity index (χ0v) is 20.1. The van der Waals surface area contributed by atoms with E-state index in [2.05, 4.69) is 10.3 Å². The summed E-state index contributed by atoms with van der Waals surface area (Å²) in [5.74, 6) is -0.585. The van der Waals surface area contributed by atoms with E-state index < -0.39 is 28.7 Å². The molecule has 1 N–H and O–H groups in total. The molecule has 0 aliphatic carbocycles. The Morgan fingerprint density at radius 1 is 1.17 bits per heavy atom. The van der Waals surface area contributed by atoms with Crippen LogP contribution in [0.2, 0.25) is 0 Å². The Kier molecular flexibility index (Phi) is 6.61. The Hall–Kier alpha value is -4.47. The standard InChI is InChI=1S/C26H24FN3O6/c1-15-17-10-9-16(34-22-19(27)7-5-11-28-22)13-21(17)35-24(32)18(15)14-30-12-6-8-20(23(30)31)29-25(33)36-26(2,3)4/h5-13H,14H2,1-4H3,(H,29,33). The van der Waals surface area contributed by atoms with Gasteiger partial charge in [-0.3, -0.25) is 10.1 Å². The van der Waals surface area contributed by atoms with Gasteiger partial charge in [0.1, 0.15) is 22.6 Å². The van der Waals surface area contributed by atoms with Crippen molar-refractivity contribution in [3.05, 3.63) is 92.6 Å². The van der Waals surface area contributed by atoms with Crippen molar-refractivity contribution in [2.45, 2.75) is 39.8 Å². The minimum Gasteiger partial charge on any atom is -0.444 e. The number of fused-ring (bicyclic) bond motifs is 1. The molecule has 1 aromatic carbocycles. The van der Waals surface area contributed by atoms with Gasteiger partial charge in [0.15, 0.2) is 5.82 Å². The molecule has 4 rings (SSSR count). The van der Waals surface area contributed by atoms with Gasteiger partial charge in [0.05, 0.1) is 12.1 Å². The van der Waals surface area contributed by atoms with Crippen LogP contribution in [0.5, 0.6) is 11.6 Å². The predicted octanol–water partition coefficient (Wildman–Crippen LogP) is 4.98. The number of amides is 1. The summed E-state index contributed by atoms with van der Waals surface area (Å²) in [5.41, 5.74) is -0.754. The number of anilines is 1. The number of hydrogen-bond donors (Lipinski definition) is 1. The van der Waals surface area contributed by atoms with Crippen LogP contribution < -0.4 is 21.2 Å². The van der Waals surface area contributed by atoms with Gasteiger partial charge < -0.3 is 18.5 Å². The molecule has 9 nitrogen and oxygen atoms in total. The highest BCUT2D eigenvalue weighted by Gasteiger charge is 2.19. The number of nitrogens with zero attached hydrogens (tertiary/aromatic N) is 2. The number of benzene rings is 1. The SMILES string of the molecule is Cc1c(Cn2cccc(NC(=O)OC(C)(C)C)c2=O)c(=O)oc2cc(Oc3ncccc3F)ccc12. The van der Waals surface area contributed by atoms with Gasteiger partial charge in [-0.15, -0.1) is 0 Å². The molecule has 0 bridgehead atoms. The largest absolute Gasteiger partial charge is 0.444 e. The van der Waals surface area contributed by atoms with E-state index in [1.165, 1.54) is 41.2 Å². The summed E-state index contributed by atoms with van der Waals surface area (Å²) in [5, 5.41) is 3.06. The van der Waals surface area contributed by atoms with Gasteiger partial charge in [0.2, 0.25) is 0 Å². The third-order valence-corrected chi connectivity index (χ3v) is 5.18. The summed E-state index contributed by atoms with van der Waals surface area (Å²) in [7, 11) is 0. The normalized spacial score (nSPS) is 11.4. The van der Waals surface area contributed by atoms with E-state index in [-0.39, 0.29) is 35.0 Å². The predicted molar refractivity (Wildman–Crippen MR) is 131 cm³/mol. The Morgan fingerprint density at radius 3 is 2.67 bits per heavy atom. The molecule has 10 heteroatoms. The number of aryl methyl sites for hydroxylation is 1. The van der Waals surface area contributed by atoms with Crippen molar-refractivity contribution >= 4 is 22.7 Å². The monoisotopic (exact) mass is 493 g/mol. The molecule has 36 heavy (non-hydrogen) atoms. The summed E-state index contributed by atoms with van der Waals surface area (Å²) in [4.78, 5) is 41.7. The van der Waals surface area contributed by atoms with Crippen molar-refractivity contribution < 1.29 is 23.1 Å². The number of rotatable bonds is 5. The fourth-order valence-corrected chi connectivity index (χ4v) is 3.52. The molecule has 3 heterocycles. The number of pyridine rings is 2. The summed E-state index contributed by atoms with van der Waals surface area (Å²) >= 11 is 0. The molecule has 186 valence electrons. The number of ether oxygens (including phenoxy) is 2. The van der Waals surface area contributed by atoms with Crippen LogP contribution in [0.25, 0.3) is 11.0 Å². The maximum atomic E-state index is 13.9. The van der Waals surface area contributed by atoms with Crippen molar-refractivity contribution in [1.29, 1.82) is 0 Å². The lowest BCUT2D eigenvalue weighted by Gasteiger charge is -2.19. The number of carbonyl (C=O) groups excluding carboxylic acids is 1. The molecule has 1 amide bonds. The Morgan fingerprint density at radius 2 is 1.94 bits per heavy atom. The van der Waals surface area contributed by atoms with Crippen LogP contribution in [-0.2, 0) is 11.3 Å².